The molecule has 0 saturated heterocycles. The number of nitro benzene ring substituents is 1. The van der Waals surface area contributed by atoms with Crippen LogP contribution in [0.2, 0.25) is 0 Å². The predicted molar refractivity (Wildman–Crippen MR) is 70.2 cm³/mol. The van der Waals surface area contributed by atoms with Crippen LogP contribution in [0.1, 0.15) is 18.4 Å². The van der Waals surface area contributed by atoms with Gasteiger partial charge in [0, 0.05) is 12.6 Å². The molecule has 0 bridgehead atoms. The highest BCUT2D eigenvalue weighted by Gasteiger charge is 2.27. The Kier molecular flexibility index (Phi) is 3.46. The first-order valence-electron chi connectivity index (χ1n) is 5.85. The summed E-state index contributed by atoms with van der Waals surface area (Å²) in [5.41, 5.74) is 5.47. The number of hydrogen-bond acceptors (Lipinski definition) is 5. The van der Waals surface area contributed by atoms with E-state index in [4.69, 9.17) is 5.73 Å². The standard InChI is InChI=1S/C11H15N3O4S/c1-7-4-9(12)10(14(15)16)5-11(7)19(17,18)13-6-8-2-3-8/h4-5,8,13H,2-3,6,12H2,1H3. The molecule has 0 radical (unpaired) electrons. The van der Waals surface area contributed by atoms with Crippen molar-refractivity contribution in [2.45, 2.75) is 24.7 Å². The Bertz CT molecular complexity index is 623. The van der Waals surface area contributed by atoms with Crippen molar-refractivity contribution >= 4 is 21.4 Å². The second-order valence-electron chi connectivity index (χ2n) is 4.73. The molecule has 19 heavy (non-hydrogen) atoms. The van der Waals surface area contributed by atoms with Crippen LogP contribution in [0.5, 0.6) is 0 Å². The van der Waals surface area contributed by atoms with Gasteiger partial charge in [-0.2, -0.15) is 0 Å². The molecule has 2 rings (SSSR count). The van der Waals surface area contributed by atoms with Crippen LogP contribution < -0.4 is 10.5 Å². The van der Waals surface area contributed by atoms with E-state index in [0.717, 1.165) is 18.9 Å². The van der Waals surface area contributed by atoms with Crippen LogP contribution in [0.25, 0.3) is 0 Å². The van der Waals surface area contributed by atoms with Gasteiger partial charge in [-0.3, -0.25) is 10.1 Å². The van der Waals surface area contributed by atoms with Gasteiger partial charge in [0.05, 0.1) is 9.82 Å². The zero-order valence-corrected chi connectivity index (χ0v) is 11.2. The van der Waals surface area contributed by atoms with E-state index in [1.807, 2.05) is 0 Å². The van der Waals surface area contributed by atoms with Crippen LogP contribution in [-0.2, 0) is 10.0 Å². The summed E-state index contributed by atoms with van der Waals surface area (Å²) in [4.78, 5) is 10.0. The fraction of sp³-hybridized carbons (Fsp3) is 0.455. The number of rotatable bonds is 5. The summed E-state index contributed by atoms with van der Waals surface area (Å²) in [6.07, 6.45) is 2.03. The molecule has 0 aliphatic heterocycles. The molecule has 7 nitrogen and oxygen atoms in total. The lowest BCUT2D eigenvalue weighted by molar-refractivity contribution is -0.384. The molecule has 8 heteroatoms. The number of nitro groups is 1. The van der Waals surface area contributed by atoms with Crippen LogP contribution in [0.4, 0.5) is 11.4 Å². The second-order valence-corrected chi connectivity index (χ2v) is 6.46. The molecule has 0 heterocycles. The molecule has 0 amide bonds. The van der Waals surface area contributed by atoms with Gasteiger partial charge < -0.3 is 5.73 Å². The number of benzene rings is 1. The number of nitrogens with two attached hydrogens (primary N) is 1. The van der Waals surface area contributed by atoms with Gasteiger partial charge in [0.1, 0.15) is 5.69 Å². The molecule has 104 valence electrons. The number of nitrogens with zero attached hydrogens (tertiary/aromatic N) is 1. The minimum atomic E-state index is -3.73. The maximum Gasteiger partial charge on any atom is 0.293 e. The summed E-state index contributed by atoms with van der Waals surface area (Å²) in [5, 5.41) is 10.8. The lowest BCUT2D eigenvalue weighted by Crippen LogP contribution is -2.26. The third kappa shape index (κ3) is 3.02. The first-order chi connectivity index (χ1) is 8.81. The molecule has 1 saturated carbocycles. The van der Waals surface area contributed by atoms with Crippen LogP contribution in [0, 0.1) is 23.0 Å². The molecule has 0 atom stereocenters. The molecule has 1 aromatic carbocycles. The van der Waals surface area contributed by atoms with E-state index < -0.39 is 20.6 Å². The van der Waals surface area contributed by atoms with E-state index in [0.29, 0.717) is 18.0 Å². The number of hydrogen-bond donors (Lipinski definition) is 2. The van der Waals surface area contributed by atoms with Crippen molar-refractivity contribution in [3.8, 4) is 0 Å². The molecule has 1 fully saturated rings. The van der Waals surface area contributed by atoms with E-state index in [1.54, 1.807) is 6.92 Å². The fourth-order valence-electron chi connectivity index (χ4n) is 1.77. The van der Waals surface area contributed by atoms with Crippen LogP contribution in [-0.4, -0.2) is 19.9 Å². The van der Waals surface area contributed by atoms with Crippen molar-refractivity contribution in [2.24, 2.45) is 5.92 Å². The lowest BCUT2D eigenvalue weighted by atomic mass is 10.2. The molecule has 1 aliphatic rings. The van der Waals surface area contributed by atoms with Crippen LogP contribution >= 0.6 is 0 Å². The first-order valence-corrected chi connectivity index (χ1v) is 7.34. The first kappa shape index (κ1) is 13.8. The SMILES string of the molecule is Cc1cc(N)c([N+](=O)[O-])cc1S(=O)(=O)NCC1CC1. The highest BCUT2D eigenvalue weighted by molar-refractivity contribution is 7.89. The maximum absolute atomic E-state index is 12.1. The normalized spacial score (nSPS) is 15.4. The number of aryl methyl sites for hydroxylation is 1. The summed E-state index contributed by atoms with van der Waals surface area (Å²) in [6, 6.07) is 2.32. The van der Waals surface area contributed by atoms with E-state index in [1.165, 1.54) is 6.07 Å². The predicted octanol–water partition coefficient (Wildman–Crippen LogP) is 1.17. The van der Waals surface area contributed by atoms with E-state index >= 15 is 0 Å². The molecule has 0 spiro atoms. The van der Waals surface area contributed by atoms with E-state index in [2.05, 4.69) is 4.72 Å². The van der Waals surface area contributed by atoms with Gasteiger partial charge in [-0.05, 0) is 37.3 Å². The molecule has 1 aromatic rings. The second kappa shape index (κ2) is 4.78. The Balaban J connectivity index is 2.36. The average Bonchev–Trinajstić information content (AvgIpc) is 3.09. The quantitative estimate of drug-likeness (QED) is 0.478. The van der Waals surface area contributed by atoms with E-state index in [9.17, 15) is 18.5 Å². The minimum Gasteiger partial charge on any atom is -0.393 e. The molecular formula is C11H15N3O4S. The van der Waals surface area contributed by atoms with Crippen molar-refractivity contribution < 1.29 is 13.3 Å². The Labute approximate surface area is 111 Å². The van der Waals surface area contributed by atoms with Gasteiger partial charge in [0.2, 0.25) is 10.0 Å². The third-order valence-corrected chi connectivity index (χ3v) is 4.63. The molecule has 0 unspecified atom stereocenters. The molecular weight excluding hydrogens is 270 g/mol. The largest absolute Gasteiger partial charge is 0.393 e. The Morgan fingerprint density at radius 1 is 1.47 bits per heavy atom. The number of anilines is 1. The minimum absolute atomic E-state index is 0.0383. The fourth-order valence-corrected chi connectivity index (χ4v) is 3.13. The van der Waals surface area contributed by atoms with Gasteiger partial charge in [-0.1, -0.05) is 0 Å². The summed E-state index contributed by atoms with van der Waals surface area (Å²) in [5.74, 6) is 0.388. The monoisotopic (exact) mass is 285 g/mol. The van der Waals surface area contributed by atoms with Gasteiger partial charge in [0.15, 0.2) is 0 Å². The molecule has 0 aromatic heterocycles. The smallest absolute Gasteiger partial charge is 0.293 e. The van der Waals surface area contributed by atoms with Gasteiger partial charge in [-0.15, -0.1) is 0 Å². The van der Waals surface area contributed by atoms with Gasteiger partial charge in [0.25, 0.3) is 5.69 Å². The Hall–Kier alpha value is -1.67. The Morgan fingerprint density at radius 3 is 2.63 bits per heavy atom. The molecule has 3 N–H and O–H groups in total. The van der Waals surface area contributed by atoms with Crippen molar-refractivity contribution in [3.05, 3.63) is 27.8 Å². The topological polar surface area (TPSA) is 115 Å². The highest BCUT2D eigenvalue weighted by Crippen LogP contribution is 2.30. The van der Waals surface area contributed by atoms with Gasteiger partial charge in [-0.25, -0.2) is 13.1 Å². The van der Waals surface area contributed by atoms with Crippen molar-refractivity contribution in [1.82, 2.24) is 4.72 Å². The average molecular weight is 285 g/mol. The number of nitrogens with one attached hydrogen (secondary N) is 1. The lowest BCUT2D eigenvalue weighted by Gasteiger charge is -2.09. The van der Waals surface area contributed by atoms with Gasteiger partial charge >= 0.3 is 0 Å². The molecule has 1 aliphatic carbocycles. The zero-order chi connectivity index (χ0) is 14.2. The van der Waals surface area contributed by atoms with Crippen molar-refractivity contribution in [3.63, 3.8) is 0 Å². The number of nitrogen functional groups attached to an aromatic ring is 1. The summed E-state index contributed by atoms with van der Waals surface area (Å²) >= 11 is 0. The number of sulfonamides is 1. The van der Waals surface area contributed by atoms with Crippen LogP contribution in [0.3, 0.4) is 0 Å². The highest BCUT2D eigenvalue weighted by atomic mass is 32.2. The van der Waals surface area contributed by atoms with Crippen molar-refractivity contribution in [2.75, 3.05) is 12.3 Å². The summed E-state index contributed by atoms with van der Waals surface area (Å²) in [7, 11) is -3.73. The summed E-state index contributed by atoms with van der Waals surface area (Å²) < 4.78 is 26.7. The summed E-state index contributed by atoms with van der Waals surface area (Å²) in [6.45, 7) is 1.94. The van der Waals surface area contributed by atoms with E-state index in [-0.39, 0.29) is 10.6 Å². The third-order valence-electron chi connectivity index (χ3n) is 3.07. The Morgan fingerprint density at radius 2 is 2.11 bits per heavy atom. The maximum atomic E-state index is 12.1. The van der Waals surface area contributed by atoms with Crippen molar-refractivity contribution in [1.29, 1.82) is 0 Å². The zero-order valence-electron chi connectivity index (χ0n) is 10.4. The van der Waals surface area contributed by atoms with Crippen LogP contribution in [0.15, 0.2) is 17.0 Å².